The topological polar surface area (TPSA) is 72.7 Å². The van der Waals surface area contributed by atoms with Gasteiger partial charge in [0.2, 0.25) is 5.91 Å². The van der Waals surface area contributed by atoms with Crippen LogP contribution in [0.15, 0.2) is 85.2 Å². The molecule has 0 aliphatic carbocycles. The molecule has 0 aliphatic rings. The molecule has 1 heterocycles. The average Bonchev–Trinajstić information content (AvgIpc) is 3.30. The van der Waals surface area contributed by atoms with Gasteiger partial charge in [0.15, 0.2) is 0 Å². The summed E-state index contributed by atoms with van der Waals surface area (Å²) in [4.78, 5) is 12.8. The summed E-state index contributed by atoms with van der Waals surface area (Å²) in [5.74, 6) is -0.940. The number of amides is 1. The van der Waals surface area contributed by atoms with Crippen LogP contribution in [0.4, 0.5) is 10.1 Å². The number of halogens is 1. The number of aromatic nitrogens is 4. The van der Waals surface area contributed by atoms with E-state index >= 15 is 0 Å². The van der Waals surface area contributed by atoms with Crippen molar-refractivity contribution >= 4 is 11.6 Å². The number of tetrazole rings is 1. The predicted molar refractivity (Wildman–Crippen MR) is 107 cm³/mol. The zero-order chi connectivity index (χ0) is 20.1. The van der Waals surface area contributed by atoms with Gasteiger partial charge in [0.25, 0.3) is 0 Å². The fraction of sp³-hybridized carbons (Fsp3) is 0.0909. The predicted octanol–water partition coefficient (Wildman–Crippen LogP) is 3.96. The number of carbonyl (C=O) groups excluding carboxylic acids is 1. The lowest BCUT2D eigenvalue weighted by molar-refractivity contribution is -0.116. The first-order chi connectivity index (χ1) is 14.2. The average molecular weight is 387 g/mol. The fourth-order valence-corrected chi connectivity index (χ4v) is 3.22. The molecule has 4 rings (SSSR count). The summed E-state index contributed by atoms with van der Waals surface area (Å²) >= 11 is 0. The molecule has 6 nitrogen and oxygen atoms in total. The molecule has 0 saturated heterocycles. The number of carbonyl (C=O) groups is 1. The molecule has 3 aromatic carbocycles. The number of nitrogens with zero attached hydrogens (tertiary/aromatic N) is 4. The highest BCUT2D eigenvalue weighted by molar-refractivity contribution is 5.92. The lowest BCUT2D eigenvalue weighted by Gasteiger charge is -2.18. The fourth-order valence-electron chi connectivity index (χ4n) is 3.22. The first kappa shape index (κ1) is 18.5. The summed E-state index contributed by atoms with van der Waals surface area (Å²) < 4.78 is 15.7. The summed E-state index contributed by atoms with van der Waals surface area (Å²) in [5.41, 5.74) is 2.69. The van der Waals surface area contributed by atoms with Crippen LogP contribution in [0.3, 0.4) is 0 Å². The van der Waals surface area contributed by atoms with Crippen LogP contribution in [-0.4, -0.2) is 26.1 Å². The van der Waals surface area contributed by atoms with Gasteiger partial charge < -0.3 is 5.32 Å². The molecule has 29 heavy (non-hydrogen) atoms. The second kappa shape index (κ2) is 8.43. The van der Waals surface area contributed by atoms with Gasteiger partial charge in [-0.3, -0.25) is 4.79 Å². The van der Waals surface area contributed by atoms with Gasteiger partial charge in [-0.05, 0) is 39.8 Å². The standard InChI is InChI=1S/C22H18FN5O/c23-20-12-11-18(28-15-24-26-27-28)13-21(20)25-22(29)14-19(16-7-3-1-4-8-16)17-9-5-2-6-10-17/h1-13,15,19H,14H2,(H,25,29). The Bertz CT molecular complexity index is 1050. The normalized spacial score (nSPS) is 10.8. The van der Waals surface area contributed by atoms with E-state index in [9.17, 15) is 9.18 Å². The largest absolute Gasteiger partial charge is 0.324 e. The zero-order valence-corrected chi connectivity index (χ0v) is 15.4. The van der Waals surface area contributed by atoms with Gasteiger partial charge in [0, 0.05) is 12.3 Å². The minimum atomic E-state index is -0.522. The van der Waals surface area contributed by atoms with Crippen LogP contribution in [0, 0.1) is 5.82 Å². The smallest absolute Gasteiger partial charge is 0.225 e. The molecule has 0 spiro atoms. The number of rotatable bonds is 6. The number of hydrogen-bond donors (Lipinski definition) is 1. The van der Waals surface area contributed by atoms with Crippen LogP contribution < -0.4 is 5.32 Å². The Kier molecular flexibility index (Phi) is 5.38. The maximum absolute atomic E-state index is 14.3. The minimum Gasteiger partial charge on any atom is -0.324 e. The molecule has 4 aromatic rings. The molecule has 0 saturated carbocycles. The minimum absolute atomic E-state index is 0.0860. The quantitative estimate of drug-likeness (QED) is 0.543. The van der Waals surface area contributed by atoms with Crippen molar-refractivity contribution in [3.8, 4) is 5.69 Å². The first-order valence-corrected chi connectivity index (χ1v) is 9.13. The van der Waals surface area contributed by atoms with E-state index < -0.39 is 5.82 Å². The van der Waals surface area contributed by atoms with Crippen molar-refractivity contribution < 1.29 is 9.18 Å². The van der Waals surface area contributed by atoms with E-state index in [1.165, 1.54) is 29.2 Å². The summed E-state index contributed by atoms with van der Waals surface area (Å²) in [7, 11) is 0. The monoisotopic (exact) mass is 387 g/mol. The van der Waals surface area contributed by atoms with Crippen molar-refractivity contribution in [1.82, 2.24) is 20.2 Å². The zero-order valence-electron chi connectivity index (χ0n) is 15.4. The van der Waals surface area contributed by atoms with E-state index in [1.54, 1.807) is 0 Å². The second-order valence-corrected chi connectivity index (χ2v) is 6.54. The summed E-state index contributed by atoms with van der Waals surface area (Å²) in [5, 5.41) is 13.6. The third-order valence-corrected chi connectivity index (χ3v) is 4.63. The van der Waals surface area contributed by atoms with Crippen LogP contribution in [0.1, 0.15) is 23.5 Å². The van der Waals surface area contributed by atoms with Crippen molar-refractivity contribution in [2.24, 2.45) is 0 Å². The molecule has 1 amide bonds. The van der Waals surface area contributed by atoms with E-state index in [2.05, 4.69) is 20.8 Å². The summed E-state index contributed by atoms with van der Waals surface area (Å²) in [6.45, 7) is 0. The maximum atomic E-state index is 14.3. The Morgan fingerprint density at radius 2 is 1.62 bits per heavy atom. The summed E-state index contributed by atoms with van der Waals surface area (Å²) in [6.07, 6.45) is 1.59. The molecular weight excluding hydrogens is 369 g/mol. The van der Waals surface area contributed by atoms with Gasteiger partial charge in [-0.1, -0.05) is 60.7 Å². The highest BCUT2D eigenvalue weighted by Gasteiger charge is 2.19. The van der Waals surface area contributed by atoms with E-state index in [1.807, 2.05) is 60.7 Å². The van der Waals surface area contributed by atoms with Crippen LogP contribution in [0.5, 0.6) is 0 Å². The van der Waals surface area contributed by atoms with Crippen molar-refractivity contribution in [1.29, 1.82) is 0 Å². The van der Waals surface area contributed by atoms with Crippen LogP contribution in [0.2, 0.25) is 0 Å². The Morgan fingerprint density at radius 3 is 2.21 bits per heavy atom. The molecular formula is C22H18FN5O. The number of benzene rings is 3. The molecule has 0 radical (unpaired) electrons. The SMILES string of the molecule is O=C(CC(c1ccccc1)c1ccccc1)Nc1cc(-n2cnnn2)ccc1F. The first-order valence-electron chi connectivity index (χ1n) is 9.13. The van der Waals surface area contributed by atoms with Gasteiger partial charge in [0.1, 0.15) is 12.1 Å². The lowest BCUT2D eigenvalue weighted by Crippen LogP contribution is -2.17. The molecule has 0 bridgehead atoms. The number of anilines is 1. The molecule has 0 aliphatic heterocycles. The van der Waals surface area contributed by atoms with Gasteiger partial charge in [-0.2, -0.15) is 0 Å². The van der Waals surface area contributed by atoms with Gasteiger partial charge in [-0.25, -0.2) is 9.07 Å². The molecule has 7 heteroatoms. The van der Waals surface area contributed by atoms with E-state index in [4.69, 9.17) is 0 Å². The van der Waals surface area contributed by atoms with Crippen LogP contribution in [0.25, 0.3) is 5.69 Å². The number of nitrogens with one attached hydrogen (secondary N) is 1. The van der Waals surface area contributed by atoms with Crippen molar-refractivity contribution in [3.63, 3.8) is 0 Å². The Balaban J connectivity index is 1.57. The molecule has 0 atom stereocenters. The van der Waals surface area contributed by atoms with Gasteiger partial charge in [-0.15, -0.1) is 5.10 Å². The molecule has 0 unspecified atom stereocenters. The number of hydrogen-bond acceptors (Lipinski definition) is 4. The van der Waals surface area contributed by atoms with Crippen LogP contribution >= 0.6 is 0 Å². The van der Waals surface area contributed by atoms with Crippen LogP contribution in [-0.2, 0) is 4.79 Å². The third kappa shape index (κ3) is 4.35. The third-order valence-electron chi connectivity index (χ3n) is 4.63. The molecule has 1 N–H and O–H groups in total. The van der Waals surface area contributed by atoms with E-state index in [0.717, 1.165) is 11.1 Å². The Morgan fingerprint density at radius 1 is 0.966 bits per heavy atom. The van der Waals surface area contributed by atoms with E-state index in [-0.39, 0.29) is 23.9 Å². The maximum Gasteiger partial charge on any atom is 0.225 e. The highest BCUT2D eigenvalue weighted by Crippen LogP contribution is 2.28. The molecule has 0 fully saturated rings. The van der Waals surface area contributed by atoms with Crippen molar-refractivity contribution in [2.75, 3.05) is 5.32 Å². The summed E-state index contributed by atoms with van der Waals surface area (Å²) in [6, 6.07) is 23.9. The molecule has 1 aromatic heterocycles. The Labute approximate surface area is 167 Å². The van der Waals surface area contributed by atoms with E-state index in [0.29, 0.717) is 5.69 Å². The van der Waals surface area contributed by atoms with Crippen molar-refractivity contribution in [2.45, 2.75) is 12.3 Å². The van der Waals surface area contributed by atoms with Gasteiger partial charge in [0.05, 0.1) is 11.4 Å². The lowest BCUT2D eigenvalue weighted by atomic mass is 9.88. The highest BCUT2D eigenvalue weighted by atomic mass is 19.1. The molecule has 144 valence electrons. The van der Waals surface area contributed by atoms with Crippen molar-refractivity contribution in [3.05, 3.63) is 102 Å². The Hall–Kier alpha value is -3.87. The second-order valence-electron chi connectivity index (χ2n) is 6.54. The van der Waals surface area contributed by atoms with Gasteiger partial charge >= 0.3 is 0 Å².